The van der Waals surface area contributed by atoms with Crippen molar-refractivity contribution in [2.75, 3.05) is 0 Å². The van der Waals surface area contributed by atoms with Gasteiger partial charge in [-0.05, 0) is 11.1 Å². The maximum atomic E-state index is 11.6. The molecule has 146 valence electrons. The van der Waals surface area contributed by atoms with Crippen LogP contribution in [0.3, 0.4) is 0 Å². The van der Waals surface area contributed by atoms with Gasteiger partial charge in [-0.25, -0.2) is 0 Å². The van der Waals surface area contributed by atoms with E-state index >= 15 is 0 Å². The lowest BCUT2D eigenvalue weighted by atomic mass is 9.81. The van der Waals surface area contributed by atoms with Gasteiger partial charge in [0.1, 0.15) is 36.6 Å². The fourth-order valence-corrected chi connectivity index (χ4v) is 4.12. The van der Waals surface area contributed by atoms with E-state index < -0.39 is 36.9 Å². The third kappa shape index (κ3) is 3.25. The Morgan fingerprint density at radius 2 is 1.18 bits per heavy atom. The van der Waals surface area contributed by atoms with Crippen LogP contribution in [0.25, 0.3) is 0 Å². The van der Waals surface area contributed by atoms with Crippen LogP contribution in [-0.2, 0) is 36.9 Å². The molecule has 0 amide bonds. The molecule has 1 aliphatic carbocycles. The Hall–Kier alpha value is -2.16. The van der Waals surface area contributed by atoms with Crippen LogP contribution < -0.4 is 0 Å². The Balaban J connectivity index is 1.34. The summed E-state index contributed by atoms with van der Waals surface area (Å²) in [6.45, 7) is -0.0253. The van der Waals surface area contributed by atoms with Crippen molar-refractivity contribution in [1.82, 2.24) is 0 Å². The van der Waals surface area contributed by atoms with Crippen molar-refractivity contribution in [3.8, 4) is 0 Å². The van der Waals surface area contributed by atoms with Gasteiger partial charge in [-0.15, -0.1) is 0 Å². The highest BCUT2D eigenvalue weighted by Crippen LogP contribution is 2.43. The molecule has 0 N–H and O–H groups in total. The smallest absolute Gasteiger partial charge is 0.272 e. The summed E-state index contributed by atoms with van der Waals surface area (Å²) in [5.41, 5.74) is 2.06. The number of hydrogen-bond acceptors (Lipinski definition) is 7. The van der Waals surface area contributed by atoms with Gasteiger partial charge >= 0.3 is 0 Å². The van der Waals surface area contributed by atoms with E-state index in [0.717, 1.165) is 11.1 Å². The van der Waals surface area contributed by atoms with Crippen LogP contribution in [0, 0.1) is 4.91 Å². The molecule has 3 saturated heterocycles. The van der Waals surface area contributed by atoms with E-state index in [1.165, 1.54) is 0 Å². The molecule has 2 aromatic rings. The Labute approximate surface area is 162 Å². The lowest BCUT2D eigenvalue weighted by molar-refractivity contribution is -0.473. The lowest BCUT2D eigenvalue weighted by Crippen LogP contribution is -2.75. The number of hydrogen-bond donors (Lipinski definition) is 0. The highest BCUT2D eigenvalue weighted by Gasteiger charge is 2.63. The number of benzene rings is 2. The van der Waals surface area contributed by atoms with Crippen LogP contribution in [0.4, 0.5) is 0 Å². The zero-order valence-corrected chi connectivity index (χ0v) is 15.1. The molecule has 2 aromatic carbocycles. The summed E-state index contributed by atoms with van der Waals surface area (Å²) in [4.78, 5) is 11.6. The van der Waals surface area contributed by atoms with Gasteiger partial charge in [-0.1, -0.05) is 65.8 Å². The predicted octanol–water partition coefficient (Wildman–Crippen LogP) is 2.77. The fraction of sp³-hybridized carbons (Fsp3) is 0.429. The second-order valence-corrected chi connectivity index (χ2v) is 7.21. The van der Waals surface area contributed by atoms with Gasteiger partial charge in [0, 0.05) is 0 Å². The standard InChI is InChI=1S/C21H21NO6/c23-22-15-16-18(24-11-13-7-3-1-4-8-13)20-19(17(15)27-21(26-16)28-20)25-12-14-9-5-2-6-10-14/h1-10,15-21H,11-12H2. The molecule has 4 atom stereocenters. The van der Waals surface area contributed by atoms with E-state index in [1.54, 1.807) is 0 Å². The van der Waals surface area contributed by atoms with E-state index in [4.69, 9.17) is 23.7 Å². The molecule has 0 spiro atoms. The molecular weight excluding hydrogens is 362 g/mol. The number of nitroso groups, excluding NO2 is 1. The average Bonchev–Trinajstić information content (AvgIpc) is 2.74. The van der Waals surface area contributed by atoms with Crippen molar-refractivity contribution in [3.05, 3.63) is 76.7 Å². The van der Waals surface area contributed by atoms with Crippen LogP contribution in [0.15, 0.2) is 65.8 Å². The highest BCUT2D eigenvalue weighted by atomic mass is 16.9. The number of nitrogens with zero attached hydrogens (tertiary/aromatic N) is 1. The van der Waals surface area contributed by atoms with E-state index in [2.05, 4.69) is 5.18 Å². The second kappa shape index (κ2) is 7.69. The van der Waals surface area contributed by atoms with Crippen molar-refractivity contribution < 1.29 is 23.7 Å². The molecule has 4 unspecified atom stereocenters. The first-order valence-corrected chi connectivity index (χ1v) is 9.43. The van der Waals surface area contributed by atoms with Crippen LogP contribution >= 0.6 is 0 Å². The first-order valence-electron chi connectivity index (χ1n) is 9.43. The van der Waals surface area contributed by atoms with Crippen molar-refractivity contribution in [1.29, 1.82) is 0 Å². The Morgan fingerprint density at radius 3 is 1.64 bits per heavy atom. The van der Waals surface area contributed by atoms with E-state index in [1.807, 2.05) is 60.7 Å². The summed E-state index contributed by atoms with van der Waals surface area (Å²) >= 11 is 0. The molecule has 4 bridgehead atoms. The van der Waals surface area contributed by atoms with Crippen LogP contribution in [0.1, 0.15) is 11.1 Å². The average molecular weight is 383 g/mol. The Kier molecular flexibility index (Phi) is 4.92. The topological polar surface area (TPSA) is 75.6 Å². The number of ether oxygens (including phenoxy) is 5. The van der Waals surface area contributed by atoms with Gasteiger partial charge in [0.25, 0.3) is 6.48 Å². The van der Waals surface area contributed by atoms with Crippen molar-refractivity contribution in [3.63, 3.8) is 0 Å². The molecule has 4 fully saturated rings. The van der Waals surface area contributed by atoms with E-state index in [9.17, 15) is 4.91 Å². The molecule has 28 heavy (non-hydrogen) atoms. The zero-order chi connectivity index (χ0) is 18.9. The Bertz CT molecular complexity index is 742. The highest BCUT2D eigenvalue weighted by molar-refractivity contribution is 5.16. The predicted molar refractivity (Wildman–Crippen MR) is 98.0 cm³/mol. The summed E-state index contributed by atoms with van der Waals surface area (Å²) in [5.74, 6) is 0. The SMILES string of the molecule is O=NC1C2OC3OC1C(OCc1ccccc1)C(O3)C2OCc1ccccc1. The summed E-state index contributed by atoms with van der Waals surface area (Å²) in [7, 11) is 0. The summed E-state index contributed by atoms with van der Waals surface area (Å²) in [6.07, 6.45) is -2.30. The van der Waals surface area contributed by atoms with Gasteiger partial charge < -0.3 is 23.7 Å². The molecule has 3 heterocycles. The largest absolute Gasteiger partial charge is 0.368 e. The maximum absolute atomic E-state index is 11.6. The molecular formula is C21H21NO6. The zero-order valence-electron chi connectivity index (χ0n) is 15.1. The van der Waals surface area contributed by atoms with Gasteiger partial charge in [0.2, 0.25) is 0 Å². The third-order valence-electron chi connectivity index (χ3n) is 5.47. The number of rotatable bonds is 7. The molecule has 6 rings (SSSR count). The van der Waals surface area contributed by atoms with Gasteiger partial charge in [-0.3, -0.25) is 0 Å². The van der Waals surface area contributed by atoms with Crippen molar-refractivity contribution in [2.24, 2.45) is 5.18 Å². The maximum Gasteiger partial charge on any atom is 0.272 e. The third-order valence-corrected chi connectivity index (χ3v) is 5.47. The van der Waals surface area contributed by atoms with Gasteiger partial charge in [0.05, 0.1) is 13.2 Å². The van der Waals surface area contributed by atoms with Crippen molar-refractivity contribution in [2.45, 2.75) is 56.3 Å². The minimum absolute atomic E-state index is 0.382. The monoisotopic (exact) mass is 383 g/mol. The summed E-state index contributed by atoms with van der Waals surface area (Å²) in [6, 6.07) is 19.0. The molecule has 3 aliphatic heterocycles. The molecule has 7 heteroatoms. The van der Waals surface area contributed by atoms with Gasteiger partial charge in [-0.2, -0.15) is 4.91 Å². The van der Waals surface area contributed by atoms with E-state index in [-0.39, 0.29) is 6.10 Å². The fourth-order valence-electron chi connectivity index (χ4n) is 4.12. The first-order chi connectivity index (χ1) is 13.8. The Morgan fingerprint density at radius 1 is 0.714 bits per heavy atom. The minimum atomic E-state index is -0.800. The molecule has 1 saturated carbocycles. The summed E-state index contributed by atoms with van der Waals surface area (Å²) < 4.78 is 29.6. The van der Waals surface area contributed by atoms with Crippen LogP contribution in [0.5, 0.6) is 0 Å². The molecule has 4 aliphatic rings. The summed E-state index contributed by atoms with van der Waals surface area (Å²) in [5, 5.41) is 3.28. The van der Waals surface area contributed by atoms with Crippen molar-refractivity contribution >= 4 is 0 Å². The minimum Gasteiger partial charge on any atom is -0.368 e. The van der Waals surface area contributed by atoms with Gasteiger partial charge in [0.15, 0.2) is 0 Å². The van der Waals surface area contributed by atoms with E-state index in [0.29, 0.717) is 13.2 Å². The lowest BCUT2D eigenvalue weighted by Gasteiger charge is -2.57. The van der Waals surface area contributed by atoms with Crippen LogP contribution in [-0.4, -0.2) is 43.0 Å². The normalized spacial score (nSPS) is 35.8. The first kappa shape index (κ1) is 17.9. The molecule has 0 radical (unpaired) electrons. The molecule has 7 nitrogen and oxygen atoms in total. The second-order valence-electron chi connectivity index (χ2n) is 7.21. The molecule has 0 aromatic heterocycles. The van der Waals surface area contributed by atoms with Crippen LogP contribution in [0.2, 0.25) is 0 Å². The quantitative estimate of drug-likeness (QED) is 0.685.